The quantitative estimate of drug-likeness (QED) is 0.901. The van der Waals surface area contributed by atoms with Crippen LogP contribution >= 0.6 is 0 Å². The zero-order valence-electron chi connectivity index (χ0n) is 12.0. The zero-order chi connectivity index (χ0) is 15.4. The van der Waals surface area contributed by atoms with Gasteiger partial charge in [0.25, 0.3) is 0 Å². The molecule has 0 bridgehead atoms. The van der Waals surface area contributed by atoms with Crippen molar-refractivity contribution in [2.75, 3.05) is 0 Å². The summed E-state index contributed by atoms with van der Waals surface area (Å²) >= 11 is 0. The Morgan fingerprint density at radius 2 is 1.81 bits per heavy atom. The van der Waals surface area contributed by atoms with Crippen LogP contribution in [0.2, 0.25) is 0 Å². The molecule has 0 heterocycles. The van der Waals surface area contributed by atoms with Crippen LogP contribution in [-0.4, -0.2) is 11.2 Å². The number of aliphatic hydroxyl groups excluding tert-OH is 1. The molecule has 0 spiro atoms. The number of benzene rings is 2. The summed E-state index contributed by atoms with van der Waals surface area (Å²) < 4.78 is 31.6. The maximum absolute atomic E-state index is 13.2. The summed E-state index contributed by atoms with van der Waals surface area (Å²) in [5, 5.41) is 10.2. The molecule has 2 nitrogen and oxygen atoms in total. The molecule has 0 aliphatic heterocycles. The van der Waals surface area contributed by atoms with Gasteiger partial charge in [0.05, 0.1) is 12.2 Å². The van der Waals surface area contributed by atoms with E-state index in [9.17, 15) is 13.9 Å². The number of aliphatic hydroxyl groups is 1. The van der Waals surface area contributed by atoms with Crippen LogP contribution in [0.25, 0.3) is 0 Å². The molecule has 112 valence electrons. The van der Waals surface area contributed by atoms with Gasteiger partial charge in [-0.3, -0.25) is 0 Å². The Labute approximate surface area is 123 Å². The van der Waals surface area contributed by atoms with Gasteiger partial charge in [0, 0.05) is 6.42 Å². The molecular weight excluding hydrogens is 274 g/mol. The summed E-state index contributed by atoms with van der Waals surface area (Å²) in [6.45, 7) is 3.84. The van der Waals surface area contributed by atoms with Crippen molar-refractivity contribution in [3.8, 4) is 5.75 Å². The minimum absolute atomic E-state index is 0.0450. The molecule has 0 saturated carbocycles. The van der Waals surface area contributed by atoms with E-state index < -0.39 is 17.7 Å². The average molecular weight is 292 g/mol. The van der Waals surface area contributed by atoms with E-state index in [1.165, 1.54) is 6.07 Å². The third kappa shape index (κ3) is 4.26. The van der Waals surface area contributed by atoms with Crippen LogP contribution in [0.15, 0.2) is 42.5 Å². The Morgan fingerprint density at radius 1 is 1.05 bits per heavy atom. The minimum atomic E-state index is -0.906. The van der Waals surface area contributed by atoms with Gasteiger partial charge in [-0.1, -0.05) is 18.2 Å². The van der Waals surface area contributed by atoms with Crippen LogP contribution in [0.4, 0.5) is 8.78 Å². The fourth-order valence-corrected chi connectivity index (χ4v) is 2.08. The van der Waals surface area contributed by atoms with Crippen LogP contribution in [0, 0.1) is 11.6 Å². The van der Waals surface area contributed by atoms with Gasteiger partial charge in [-0.2, -0.15) is 0 Å². The lowest BCUT2D eigenvalue weighted by atomic mass is 10.0. The lowest BCUT2D eigenvalue weighted by Gasteiger charge is -2.14. The van der Waals surface area contributed by atoms with Crippen LogP contribution in [-0.2, 0) is 6.42 Å². The second kappa shape index (κ2) is 6.68. The molecule has 21 heavy (non-hydrogen) atoms. The maximum atomic E-state index is 13.2. The van der Waals surface area contributed by atoms with Crippen LogP contribution < -0.4 is 4.74 Å². The molecule has 0 aromatic heterocycles. The first kappa shape index (κ1) is 15.4. The summed E-state index contributed by atoms with van der Waals surface area (Å²) in [4.78, 5) is 0. The molecule has 0 fully saturated rings. The normalized spacial score (nSPS) is 12.5. The topological polar surface area (TPSA) is 29.5 Å². The van der Waals surface area contributed by atoms with Gasteiger partial charge in [0.15, 0.2) is 11.6 Å². The molecule has 0 aliphatic carbocycles. The summed E-state index contributed by atoms with van der Waals surface area (Å²) in [5.74, 6) is -1.12. The first-order valence-corrected chi connectivity index (χ1v) is 6.84. The molecule has 1 unspecified atom stereocenters. The molecule has 0 aliphatic rings. The Balaban J connectivity index is 2.12. The summed E-state index contributed by atoms with van der Waals surface area (Å²) in [5.41, 5.74) is 1.22. The molecule has 0 saturated heterocycles. The van der Waals surface area contributed by atoms with E-state index in [-0.39, 0.29) is 12.5 Å². The summed E-state index contributed by atoms with van der Waals surface area (Å²) in [7, 11) is 0. The van der Waals surface area contributed by atoms with Crippen LogP contribution in [0.5, 0.6) is 5.75 Å². The monoisotopic (exact) mass is 292 g/mol. The largest absolute Gasteiger partial charge is 0.491 e. The minimum Gasteiger partial charge on any atom is -0.491 e. The van der Waals surface area contributed by atoms with Gasteiger partial charge in [0.1, 0.15) is 5.75 Å². The molecule has 0 amide bonds. The van der Waals surface area contributed by atoms with Gasteiger partial charge in [-0.15, -0.1) is 0 Å². The van der Waals surface area contributed by atoms with E-state index in [0.29, 0.717) is 16.9 Å². The number of hydrogen-bond donors (Lipinski definition) is 1. The number of ether oxygens (including phenoxy) is 1. The summed E-state index contributed by atoms with van der Waals surface area (Å²) in [6.07, 6.45) is -0.545. The number of hydrogen-bond acceptors (Lipinski definition) is 2. The average Bonchev–Trinajstić information content (AvgIpc) is 2.42. The highest BCUT2D eigenvalue weighted by molar-refractivity contribution is 5.31. The fourth-order valence-electron chi connectivity index (χ4n) is 2.08. The van der Waals surface area contributed by atoms with Crippen molar-refractivity contribution in [2.24, 2.45) is 0 Å². The molecule has 1 N–H and O–H groups in total. The van der Waals surface area contributed by atoms with E-state index in [1.807, 2.05) is 19.9 Å². The maximum Gasteiger partial charge on any atom is 0.159 e. The molecule has 4 heteroatoms. The smallest absolute Gasteiger partial charge is 0.159 e. The van der Waals surface area contributed by atoms with Crippen LogP contribution in [0.1, 0.15) is 31.1 Å². The highest BCUT2D eigenvalue weighted by atomic mass is 19.2. The van der Waals surface area contributed by atoms with Crippen molar-refractivity contribution < 1.29 is 18.6 Å². The molecule has 0 radical (unpaired) electrons. The molecule has 2 rings (SSSR count). The standard InChI is InChI=1S/C17H18F2O2/c1-11(2)21-14-5-3-4-13(10-14)17(20)9-12-6-7-15(18)16(19)8-12/h3-8,10-11,17,20H,9H2,1-2H3. The van der Waals surface area contributed by atoms with E-state index in [2.05, 4.69) is 0 Å². The van der Waals surface area contributed by atoms with Gasteiger partial charge < -0.3 is 9.84 Å². The summed E-state index contributed by atoms with van der Waals surface area (Å²) in [6, 6.07) is 10.8. The fraction of sp³-hybridized carbons (Fsp3) is 0.294. The van der Waals surface area contributed by atoms with Gasteiger partial charge >= 0.3 is 0 Å². The van der Waals surface area contributed by atoms with Crippen molar-refractivity contribution in [3.05, 3.63) is 65.2 Å². The molecule has 2 aromatic carbocycles. The van der Waals surface area contributed by atoms with Crippen molar-refractivity contribution in [1.82, 2.24) is 0 Å². The Morgan fingerprint density at radius 3 is 2.48 bits per heavy atom. The predicted octanol–water partition coefficient (Wildman–Crippen LogP) is 4.03. The van der Waals surface area contributed by atoms with E-state index in [4.69, 9.17) is 4.74 Å². The van der Waals surface area contributed by atoms with Crippen molar-refractivity contribution in [2.45, 2.75) is 32.5 Å². The SMILES string of the molecule is CC(C)Oc1cccc(C(O)Cc2ccc(F)c(F)c2)c1. The lowest BCUT2D eigenvalue weighted by molar-refractivity contribution is 0.177. The van der Waals surface area contributed by atoms with Crippen LogP contribution in [0.3, 0.4) is 0 Å². The van der Waals surface area contributed by atoms with Crippen molar-refractivity contribution in [1.29, 1.82) is 0 Å². The lowest BCUT2D eigenvalue weighted by Crippen LogP contribution is -2.07. The van der Waals surface area contributed by atoms with Crippen molar-refractivity contribution in [3.63, 3.8) is 0 Å². The second-order valence-electron chi connectivity index (χ2n) is 5.21. The molecule has 2 aromatic rings. The van der Waals surface area contributed by atoms with Crippen molar-refractivity contribution >= 4 is 0 Å². The number of halogens is 2. The molecular formula is C17H18F2O2. The van der Waals surface area contributed by atoms with E-state index in [1.54, 1.807) is 18.2 Å². The van der Waals surface area contributed by atoms with Gasteiger partial charge in [-0.05, 0) is 49.2 Å². The van der Waals surface area contributed by atoms with Gasteiger partial charge in [-0.25, -0.2) is 8.78 Å². The van der Waals surface area contributed by atoms with E-state index in [0.717, 1.165) is 12.1 Å². The Hall–Kier alpha value is -1.94. The number of rotatable bonds is 5. The first-order valence-electron chi connectivity index (χ1n) is 6.84. The highest BCUT2D eigenvalue weighted by Crippen LogP contribution is 2.23. The predicted molar refractivity (Wildman–Crippen MR) is 77.2 cm³/mol. The first-order chi connectivity index (χ1) is 9.95. The van der Waals surface area contributed by atoms with Gasteiger partial charge in [0.2, 0.25) is 0 Å². The Bertz CT molecular complexity index is 611. The third-order valence-electron chi connectivity index (χ3n) is 3.03. The zero-order valence-corrected chi connectivity index (χ0v) is 12.0. The third-order valence-corrected chi connectivity index (χ3v) is 3.03. The highest BCUT2D eigenvalue weighted by Gasteiger charge is 2.12. The molecule has 1 atom stereocenters. The second-order valence-corrected chi connectivity index (χ2v) is 5.21. The van der Waals surface area contributed by atoms with E-state index >= 15 is 0 Å². The Kier molecular flexibility index (Phi) is 4.91.